The average Bonchev–Trinajstić information content (AvgIpc) is 3.64. The van der Waals surface area contributed by atoms with Crippen LogP contribution in [0.5, 0.6) is 5.75 Å². The molecule has 1 aliphatic heterocycles. The van der Waals surface area contributed by atoms with Crippen molar-refractivity contribution in [2.75, 3.05) is 18.2 Å². The van der Waals surface area contributed by atoms with Crippen LogP contribution in [0.25, 0.3) is 33.4 Å². The van der Waals surface area contributed by atoms with E-state index in [2.05, 4.69) is 24.7 Å². The van der Waals surface area contributed by atoms with Gasteiger partial charge in [-0.3, -0.25) is 9.78 Å². The van der Waals surface area contributed by atoms with E-state index in [0.717, 1.165) is 27.1 Å². The fourth-order valence-electron chi connectivity index (χ4n) is 5.62. The summed E-state index contributed by atoms with van der Waals surface area (Å²) in [7, 11) is -3.56. The molecule has 1 amide bonds. The highest BCUT2D eigenvalue weighted by Crippen LogP contribution is 2.40. The minimum Gasteiger partial charge on any atom is -0.420 e. The van der Waals surface area contributed by atoms with E-state index in [-0.39, 0.29) is 11.8 Å². The van der Waals surface area contributed by atoms with E-state index in [1.165, 1.54) is 30.5 Å². The predicted molar refractivity (Wildman–Crippen MR) is 157 cm³/mol. The number of anilines is 1. The minimum absolute atomic E-state index is 0.0253. The molecule has 0 radical (unpaired) electrons. The molecule has 11 nitrogen and oxygen atoms in total. The van der Waals surface area contributed by atoms with E-state index in [0.29, 0.717) is 64.6 Å². The Kier molecular flexibility index (Phi) is 6.50. The molecule has 1 atom stereocenters. The maximum atomic E-state index is 13.5. The molecule has 0 saturated heterocycles. The van der Waals surface area contributed by atoms with E-state index < -0.39 is 21.5 Å². The lowest BCUT2D eigenvalue weighted by Crippen LogP contribution is -2.21. The Hall–Kier alpha value is -4.40. The van der Waals surface area contributed by atoms with Crippen LogP contribution >= 0.6 is 11.6 Å². The van der Waals surface area contributed by atoms with Gasteiger partial charge in [-0.15, -0.1) is 8.78 Å². The molecule has 5 aromatic rings. The summed E-state index contributed by atoms with van der Waals surface area (Å²) >= 11 is 4.83. The molecule has 0 saturated carbocycles. The Bertz CT molecular complexity index is 2090. The van der Waals surface area contributed by atoms with Gasteiger partial charge in [0.1, 0.15) is 18.2 Å². The quantitative estimate of drug-likeness (QED) is 0.246. The van der Waals surface area contributed by atoms with Gasteiger partial charge in [0.15, 0.2) is 0 Å². The lowest BCUT2D eigenvalue weighted by atomic mass is 9.99. The summed E-state index contributed by atoms with van der Waals surface area (Å²) in [5.41, 5.74) is 2.34. The van der Waals surface area contributed by atoms with E-state index in [1.807, 2.05) is 13.0 Å². The Morgan fingerprint density at radius 1 is 1.18 bits per heavy atom. The first-order valence-corrected chi connectivity index (χ1v) is 15.7. The van der Waals surface area contributed by atoms with Crippen molar-refractivity contribution in [2.24, 2.45) is 0 Å². The third-order valence-electron chi connectivity index (χ3n) is 7.50. The Balaban J connectivity index is 1.31. The van der Waals surface area contributed by atoms with Crippen LogP contribution < -0.4 is 10.1 Å². The normalized spacial score (nSPS) is 16.0. The number of halogens is 3. The van der Waals surface area contributed by atoms with Crippen molar-refractivity contribution in [1.29, 1.82) is 0 Å². The third kappa shape index (κ3) is 5.08. The molecule has 1 N–H and O–H groups in total. The number of carbonyl (C=O) groups is 1. The molecule has 0 unspecified atom stereocenters. The molecule has 7 rings (SSSR count). The van der Waals surface area contributed by atoms with Gasteiger partial charge in [0, 0.05) is 63.9 Å². The summed E-state index contributed by atoms with van der Waals surface area (Å²) in [6.07, 6.45) is 4.76. The summed E-state index contributed by atoms with van der Waals surface area (Å²) in [5, 5.41) is 7.10. The van der Waals surface area contributed by atoms with Gasteiger partial charge < -0.3 is 19.4 Å². The van der Waals surface area contributed by atoms with E-state index in [9.17, 15) is 22.0 Å². The number of pyridine rings is 1. The standard InChI is InChI=1S/C29H23ClF2N6O5S/c1-15-13-42-14-25-35-24-9-16(28(39)34-19-3-5-20(6-4-19)43-29(30,31)32)7-21(27(24)38(15)25)17-8-22-23(33-11-17)10-18-12-37(36-26(18)22)44(2,40)41/h3-9,11-12,15H,10,13-14H2,1-2H3,(H,34,39)/t15-/m1/s1. The second-order valence-electron chi connectivity index (χ2n) is 10.7. The summed E-state index contributed by atoms with van der Waals surface area (Å²) < 4.78 is 63.3. The van der Waals surface area contributed by atoms with Crippen LogP contribution in [-0.2, 0) is 27.8 Å². The first-order chi connectivity index (χ1) is 20.8. The lowest BCUT2D eigenvalue weighted by molar-refractivity contribution is -0.0964. The number of imidazole rings is 1. The Morgan fingerprint density at radius 2 is 1.95 bits per heavy atom. The number of nitrogens with zero attached hydrogens (tertiary/aromatic N) is 5. The van der Waals surface area contributed by atoms with Crippen molar-refractivity contribution in [3.8, 4) is 28.1 Å². The molecule has 4 heterocycles. The highest BCUT2D eigenvalue weighted by Gasteiger charge is 2.29. The number of ether oxygens (including phenoxy) is 2. The molecule has 226 valence electrons. The van der Waals surface area contributed by atoms with E-state index >= 15 is 0 Å². The van der Waals surface area contributed by atoms with Gasteiger partial charge >= 0.3 is 5.57 Å². The van der Waals surface area contributed by atoms with Crippen molar-refractivity contribution in [3.63, 3.8) is 0 Å². The van der Waals surface area contributed by atoms with Gasteiger partial charge in [-0.2, -0.15) is 9.19 Å². The van der Waals surface area contributed by atoms with Crippen molar-refractivity contribution >= 4 is 44.3 Å². The number of fused-ring (bicyclic) bond motifs is 6. The monoisotopic (exact) mass is 640 g/mol. The molecular weight excluding hydrogens is 618 g/mol. The van der Waals surface area contributed by atoms with Gasteiger partial charge in [-0.25, -0.2) is 13.4 Å². The molecule has 2 aromatic carbocycles. The van der Waals surface area contributed by atoms with Gasteiger partial charge in [0.05, 0.1) is 41.3 Å². The number of benzene rings is 2. The van der Waals surface area contributed by atoms with Gasteiger partial charge in [0.2, 0.25) is 0 Å². The van der Waals surface area contributed by atoms with Crippen LogP contribution in [0.4, 0.5) is 14.5 Å². The van der Waals surface area contributed by atoms with Crippen LogP contribution in [0, 0.1) is 0 Å². The van der Waals surface area contributed by atoms with Crippen molar-refractivity contribution < 1.29 is 31.5 Å². The number of nitrogens with one attached hydrogen (secondary N) is 1. The Morgan fingerprint density at radius 3 is 2.68 bits per heavy atom. The van der Waals surface area contributed by atoms with Crippen LogP contribution in [0.15, 0.2) is 54.9 Å². The number of hydrogen-bond acceptors (Lipinski definition) is 8. The molecule has 3 aromatic heterocycles. The maximum absolute atomic E-state index is 13.5. The zero-order chi connectivity index (χ0) is 31.0. The maximum Gasteiger partial charge on any atom is 0.487 e. The van der Waals surface area contributed by atoms with Crippen LogP contribution in [0.3, 0.4) is 0 Å². The highest BCUT2D eigenvalue weighted by molar-refractivity contribution is 7.89. The van der Waals surface area contributed by atoms with Crippen LogP contribution in [-0.4, -0.2) is 56.5 Å². The zero-order valence-electron chi connectivity index (χ0n) is 23.2. The first kappa shape index (κ1) is 28.4. The van der Waals surface area contributed by atoms with Gasteiger partial charge in [-0.05, 0) is 49.4 Å². The highest BCUT2D eigenvalue weighted by atomic mass is 35.5. The van der Waals surface area contributed by atoms with Crippen LogP contribution in [0.2, 0.25) is 0 Å². The minimum atomic E-state index is -3.86. The molecule has 0 spiro atoms. The Labute approximate surface area is 254 Å². The second-order valence-corrected chi connectivity index (χ2v) is 13.0. The SMILES string of the molecule is C[C@@H]1COCc2nc3cc(C(=O)Nc4ccc(OC(F)(F)Cl)cc4)cc(-c4cnc5c(c4)-c4nn(S(C)(=O)=O)cc4C5)c3n21. The second kappa shape index (κ2) is 10.1. The topological polar surface area (TPSA) is 130 Å². The summed E-state index contributed by atoms with van der Waals surface area (Å²) in [6, 6.07) is 10.7. The van der Waals surface area contributed by atoms with E-state index in [4.69, 9.17) is 21.3 Å². The molecular formula is C29H23ClF2N6O5S. The number of hydrogen-bond donors (Lipinski definition) is 1. The number of amides is 1. The molecule has 0 fully saturated rings. The molecule has 44 heavy (non-hydrogen) atoms. The molecule has 2 aliphatic rings. The van der Waals surface area contributed by atoms with Gasteiger partial charge in [0.25, 0.3) is 15.9 Å². The van der Waals surface area contributed by atoms with Crippen molar-refractivity contribution in [2.45, 2.75) is 31.6 Å². The van der Waals surface area contributed by atoms with Crippen molar-refractivity contribution in [3.05, 3.63) is 77.5 Å². The van der Waals surface area contributed by atoms with Crippen LogP contribution in [0.1, 0.15) is 40.4 Å². The van der Waals surface area contributed by atoms with Crippen molar-refractivity contribution in [1.82, 2.24) is 23.7 Å². The average molecular weight is 641 g/mol. The smallest absolute Gasteiger partial charge is 0.420 e. The summed E-state index contributed by atoms with van der Waals surface area (Å²) in [6.45, 7) is 2.82. The zero-order valence-corrected chi connectivity index (χ0v) is 24.8. The fraction of sp³-hybridized carbons (Fsp3) is 0.241. The first-order valence-electron chi connectivity index (χ1n) is 13.4. The van der Waals surface area contributed by atoms with E-state index in [1.54, 1.807) is 18.3 Å². The van der Waals surface area contributed by atoms with Gasteiger partial charge in [-0.1, -0.05) is 0 Å². The number of carbonyl (C=O) groups excluding carboxylic acids is 1. The molecule has 15 heteroatoms. The summed E-state index contributed by atoms with van der Waals surface area (Å²) in [4.78, 5) is 22.9. The molecule has 0 bridgehead atoms. The lowest BCUT2D eigenvalue weighted by Gasteiger charge is -2.23. The number of rotatable bonds is 6. The summed E-state index contributed by atoms with van der Waals surface area (Å²) in [5.74, 6) is 0.0934. The number of aromatic nitrogens is 5. The largest absolute Gasteiger partial charge is 0.487 e. The third-order valence-corrected chi connectivity index (χ3v) is 8.44. The predicted octanol–water partition coefficient (Wildman–Crippen LogP) is 5.19. The fourth-order valence-corrected chi connectivity index (χ4v) is 6.26. The molecule has 1 aliphatic carbocycles. The number of alkyl halides is 3.